The maximum absolute atomic E-state index is 13.4. The highest BCUT2D eigenvalue weighted by Gasteiger charge is 2.43. The summed E-state index contributed by atoms with van der Waals surface area (Å²) >= 11 is 6.29. The molecular formula is C24H20ClN3O3. The van der Waals surface area contributed by atoms with Gasteiger partial charge in [0.25, 0.3) is 5.91 Å². The smallest absolute Gasteiger partial charge is 0.273 e. The van der Waals surface area contributed by atoms with Gasteiger partial charge in [-0.15, -0.1) is 0 Å². The number of rotatable bonds is 4. The predicted octanol–water partition coefficient (Wildman–Crippen LogP) is 5.39. The van der Waals surface area contributed by atoms with E-state index in [9.17, 15) is 9.90 Å². The number of aromatic nitrogens is 2. The van der Waals surface area contributed by atoms with Crippen LogP contribution in [0.1, 0.15) is 44.5 Å². The number of halogens is 1. The number of furan rings is 1. The van der Waals surface area contributed by atoms with Gasteiger partial charge in [0.15, 0.2) is 0 Å². The highest BCUT2D eigenvalue weighted by molar-refractivity contribution is 6.30. The summed E-state index contributed by atoms with van der Waals surface area (Å²) in [7, 11) is 0. The van der Waals surface area contributed by atoms with Crippen LogP contribution in [0.25, 0.3) is 11.3 Å². The van der Waals surface area contributed by atoms with Gasteiger partial charge in [-0.2, -0.15) is 5.10 Å². The van der Waals surface area contributed by atoms with Crippen LogP contribution in [0.15, 0.2) is 59.2 Å². The monoisotopic (exact) mass is 433 g/mol. The molecule has 3 heterocycles. The van der Waals surface area contributed by atoms with Gasteiger partial charge in [-0.25, -0.2) is 0 Å². The molecule has 1 amide bonds. The van der Waals surface area contributed by atoms with E-state index in [4.69, 9.17) is 16.0 Å². The van der Waals surface area contributed by atoms with Crippen molar-refractivity contribution in [1.29, 1.82) is 0 Å². The van der Waals surface area contributed by atoms with Crippen molar-refractivity contribution in [2.75, 3.05) is 0 Å². The number of aromatic amines is 1. The van der Waals surface area contributed by atoms with E-state index in [1.165, 1.54) is 0 Å². The van der Waals surface area contributed by atoms with Crippen molar-refractivity contribution in [3.05, 3.63) is 93.5 Å². The number of amides is 1. The molecule has 0 unspecified atom stereocenters. The summed E-state index contributed by atoms with van der Waals surface area (Å²) < 4.78 is 5.51. The summed E-state index contributed by atoms with van der Waals surface area (Å²) in [5.41, 5.74) is 5.00. The van der Waals surface area contributed by atoms with E-state index in [-0.39, 0.29) is 11.7 Å². The molecule has 156 valence electrons. The third-order valence-electron chi connectivity index (χ3n) is 5.63. The molecule has 1 aliphatic heterocycles. The number of nitrogens with one attached hydrogen (secondary N) is 1. The molecule has 0 aliphatic carbocycles. The van der Waals surface area contributed by atoms with E-state index in [2.05, 4.69) is 10.2 Å². The van der Waals surface area contributed by atoms with Crippen molar-refractivity contribution < 1.29 is 14.3 Å². The summed E-state index contributed by atoms with van der Waals surface area (Å²) in [6, 6.07) is 14.3. The minimum atomic E-state index is -0.430. The molecule has 0 saturated heterocycles. The maximum Gasteiger partial charge on any atom is 0.273 e. The molecule has 2 N–H and O–H groups in total. The van der Waals surface area contributed by atoms with Crippen LogP contribution in [-0.4, -0.2) is 26.1 Å². The molecule has 7 heteroatoms. The van der Waals surface area contributed by atoms with Crippen LogP contribution in [0.5, 0.6) is 5.75 Å². The zero-order valence-electron chi connectivity index (χ0n) is 17.0. The van der Waals surface area contributed by atoms with E-state index in [0.717, 1.165) is 22.3 Å². The fraction of sp³-hybridized carbons (Fsp3) is 0.167. The number of phenols is 1. The third-order valence-corrected chi connectivity index (χ3v) is 5.87. The van der Waals surface area contributed by atoms with Crippen LogP contribution in [0.3, 0.4) is 0 Å². The first-order valence-corrected chi connectivity index (χ1v) is 10.3. The molecule has 6 nitrogen and oxygen atoms in total. The van der Waals surface area contributed by atoms with Crippen LogP contribution in [0.4, 0.5) is 0 Å². The Morgan fingerprint density at radius 3 is 2.74 bits per heavy atom. The van der Waals surface area contributed by atoms with Gasteiger partial charge >= 0.3 is 0 Å². The number of hydrogen-bond donors (Lipinski definition) is 2. The number of carbonyl (C=O) groups is 1. The van der Waals surface area contributed by atoms with Crippen LogP contribution < -0.4 is 0 Å². The summed E-state index contributed by atoms with van der Waals surface area (Å²) in [6.07, 6.45) is 1.59. The number of fused-ring (bicyclic) bond motifs is 1. The van der Waals surface area contributed by atoms with Crippen molar-refractivity contribution in [1.82, 2.24) is 15.1 Å². The SMILES string of the molecule is Cc1cc(C)c(-c2n[nH]c3c2[C@@H](c2cccc(Cl)c2)N(Cc2ccco2)C3=O)c(O)c1. The first-order chi connectivity index (χ1) is 14.9. The summed E-state index contributed by atoms with van der Waals surface area (Å²) in [4.78, 5) is 15.1. The van der Waals surface area contributed by atoms with E-state index < -0.39 is 6.04 Å². The Bertz CT molecular complexity index is 1270. The van der Waals surface area contributed by atoms with Crippen LogP contribution in [0.2, 0.25) is 5.02 Å². The number of benzene rings is 2. The van der Waals surface area contributed by atoms with Gasteiger partial charge in [-0.05, 0) is 60.9 Å². The fourth-order valence-electron chi connectivity index (χ4n) is 4.40. The second kappa shape index (κ2) is 7.32. The van der Waals surface area contributed by atoms with Crippen LogP contribution >= 0.6 is 11.6 Å². The van der Waals surface area contributed by atoms with Crippen molar-refractivity contribution in [2.45, 2.75) is 26.4 Å². The highest BCUT2D eigenvalue weighted by atomic mass is 35.5. The molecule has 2 aromatic heterocycles. The molecular weight excluding hydrogens is 414 g/mol. The molecule has 1 atom stereocenters. The lowest BCUT2D eigenvalue weighted by Crippen LogP contribution is -2.29. The quantitative estimate of drug-likeness (QED) is 0.452. The van der Waals surface area contributed by atoms with Crippen LogP contribution in [-0.2, 0) is 6.54 Å². The minimum Gasteiger partial charge on any atom is -0.507 e. The molecule has 2 aromatic carbocycles. The van der Waals surface area contributed by atoms with Gasteiger partial charge in [-0.1, -0.05) is 29.8 Å². The summed E-state index contributed by atoms with van der Waals surface area (Å²) in [5.74, 6) is 0.627. The molecule has 0 saturated carbocycles. The molecule has 31 heavy (non-hydrogen) atoms. The molecule has 0 spiro atoms. The zero-order valence-corrected chi connectivity index (χ0v) is 17.8. The number of aromatic hydroxyl groups is 1. The number of nitrogens with zero attached hydrogens (tertiary/aromatic N) is 2. The second-order valence-electron chi connectivity index (χ2n) is 7.81. The zero-order chi connectivity index (χ0) is 21.7. The number of phenolic OH excluding ortho intramolecular Hbond substituents is 1. The molecule has 0 radical (unpaired) electrons. The minimum absolute atomic E-state index is 0.133. The number of carbonyl (C=O) groups excluding carboxylic acids is 1. The lowest BCUT2D eigenvalue weighted by Gasteiger charge is -2.26. The lowest BCUT2D eigenvalue weighted by atomic mass is 9.93. The van der Waals surface area contributed by atoms with Crippen molar-refractivity contribution in [3.63, 3.8) is 0 Å². The lowest BCUT2D eigenvalue weighted by molar-refractivity contribution is 0.0717. The molecule has 0 bridgehead atoms. The number of hydrogen-bond acceptors (Lipinski definition) is 4. The molecule has 0 fully saturated rings. The Balaban J connectivity index is 1.71. The molecule has 4 aromatic rings. The van der Waals surface area contributed by atoms with Crippen molar-refractivity contribution in [2.24, 2.45) is 0 Å². The predicted molar refractivity (Wildman–Crippen MR) is 117 cm³/mol. The van der Waals surface area contributed by atoms with E-state index in [0.29, 0.717) is 34.3 Å². The number of aryl methyl sites for hydroxylation is 2. The Morgan fingerprint density at radius 2 is 2.03 bits per heavy atom. The van der Waals surface area contributed by atoms with Gasteiger partial charge < -0.3 is 14.4 Å². The van der Waals surface area contributed by atoms with Gasteiger partial charge in [0.2, 0.25) is 0 Å². The average Bonchev–Trinajstić information content (AvgIpc) is 3.42. The fourth-order valence-corrected chi connectivity index (χ4v) is 4.60. The van der Waals surface area contributed by atoms with Gasteiger partial charge in [0.05, 0.1) is 18.8 Å². The number of H-pyrrole nitrogens is 1. The van der Waals surface area contributed by atoms with Gasteiger partial charge in [0.1, 0.15) is 22.9 Å². The van der Waals surface area contributed by atoms with Gasteiger partial charge in [0, 0.05) is 16.1 Å². The maximum atomic E-state index is 13.4. The summed E-state index contributed by atoms with van der Waals surface area (Å²) in [5, 5.41) is 18.7. The van der Waals surface area contributed by atoms with Crippen molar-refractivity contribution in [3.8, 4) is 17.0 Å². The van der Waals surface area contributed by atoms with Gasteiger partial charge in [-0.3, -0.25) is 9.89 Å². The van der Waals surface area contributed by atoms with E-state index in [1.54, 1.807) is 29.4 Å². The van der Waals surface area contributed by atoms with E-state index >= 15 is 0 Å². The molecule has 1 aliphatic rings. The standard InChI is InChI=1S/C24H20ClN3O3/c1-13-9-14(2)19(18(29)10-13)21-20-22(27-26-21)24(30)28(12-17-7-4-8-31-17)23(20)15-5-3-6-16(25)11-15/h3-11,23,29H,12H2,1-2H3,(H,26,27)/t23-/m1/s1. The van der Waals surface area contributed by atoms with Crippen molar-refractivity contribution >= 4 is 17.5 Å². The third kappa shape index (κ3) is 3.20. The van der Waals surface area contributed by atoms with Crippen LogP contribution in [0, 0.1) is 13.8 Å². The second-order valence-corrected chi connectivity index (χ2v) is 8.24. The Morgan fingerprint density at radius 1 is 1.19 bits per heavy atom. The summed E-state index contributed by atoms with van der Waals surface area (Å²) in [6.45, 7) is 4.15. The average molecular weight is 434 g/mol. The first-order valence-electron chi connectivity index (χ1n) is 9.91. The largest absolute Gasteiger partial charge is 0.507 e. The first kappa shape index (κ1) is 19.5. The van der Waals surface area contributed by atoms with E-state index in [1.807, 2.05) is 44.2 Å². The normalized spacial score (nSPS) is 15.5. The highest BCUT2D eigenvalue weighted by Crippen LogP contribution is 2.46. The molecule has 5 rings (SSSR count). The Labute approximate surface area is 184 Å². The topological polar surface area (TPSA) is 82.4 Å². The Hall–Kier alpha value is -3.51. The Kier molecular flexibility index (Phi) is 4.59.